The zero-order chi connectivity index (χ0) is 22.6. The fraction of sp³-hybridized carbons (Fsp3) is 0.200. The number of methoxy groups -OCH3 is 1. The van der Waals surface area contributed by atoms with Crippen molar-refractivity contribution in [3.63, 3.8) is 0 Å². The number of para-hydroxylation sites is 2. The first-order valence-electron chi connectivity index (χ1n) is 10.8. The van der Waals surface area contributed by atoms with Crippen LogP contribution in [0.3, 0.4) is 0 Å². The van der Waals surface area contributed by atoms with Crippen molar-refractivity contribution in [2.24, 2.45) is 0 Å². The Morgan fingerprint density at radius 1 is 0.879 bits per heavy atom. The molecule has 5 rings (SSSR count). The highest BCUT2D eigenvalue weighted by molar-refractivity contribution is 6.00. The summed E-state index contributed by atoms with van der Waals surface area (Å²) in [5.41, 5.74) is 2.83. The first-order chi connectivity index (χ1) is 16.2. The predicted octanol–water partition coefficient (Wildman–Crippen LogP) is 3.30. The molecule has 0 N–H and O–H groups in total. The summed E-state index contributed by atoms with van der Waals surface area (Å²) in [6, 6.07) is 19.2. The zero-order valence-corrected chi connectivity index (χ0v) is 18.3. The number of piperazine rings is 1. The van der Waals surface area contributed by atoms with Gasteiger partial charge in [0.15, 0.2) is 0 Å². The molecule has 0 atom stereocenters. The lowest BCUT2D eigenvalue weighted by Gasteiger charge is -2.34. The maximum Gasteiger partial charge on any atom is 0.257 e. The minimum Gasteiger partial charge on any atom is -0.496 e. The Labute approximate surface area is 192 Å². The van der Waals surface area contributed by atoms with Gasteiger partial charge in [-0.3, -0.25) is 4.79 Å². The van der Waals surface area contributed by atoms with Crippen molar-refractivity contribution in [1.29, 1.82) is 0 Å². The van der Waals surface area contributed by atoms with Crippen molar-refractivity contribution >= 4 is 11.9 Å². The van der Waals surface area contributed by atoms with E-state index in [0.717, 1.165) is 11.3 Å². The van der Waals surface area contributed by atoms with Gasteiger partial charge < -0.3 is 14.5 Å². The minimum atomic E-state index is -0.0493. The van der Waals surface area contributed by atoms with Crippen LogP contribution in [0, 0.1) is 0 Å². The monoisotopic (exact) mass is 440 g/mol. The Bertz CT molecular complexity index is 1230. The highest BCUT2D eigenvalue weighted by Gasteiger charge is 2.28. The van der Waals surface area contributed by atoms with Crippen LogP contribution >= 0.6 is 0 Å². The number of nitrogens with zero attached hydrogens (tertiary/aromatic N) is 6. The molecule has 1 aliphatic heterocycles. The van der Waals surface area contributed by atoms with E-state index >= 15 is 0 Å². The molecule has 0 aliphatic carbocycles. The van der Waals surface area contributed by atoms with Crippen molar-refractivity contribution in [1.82, 2.24) is 24.6 Å². The van der Waals surface area contributed by atoms with Crippen molar-refractivity contribution in [2.75, 3.05) is 38.2 Å². The number of benzene rings is 2. The van der Waals surface area contributed by atoms with E-state index in [0.29, 0.717) is 49.1 Å². The van der Waals surface area contributed by atoms with Crippen LogP contribution in [0.25, 0.3) is 16.9 Å². The number of amides is 1. The molecule has 0 unspecified atom stereocenters. The fourth-order valence-corrected chi connectivity index (χ4v) is 4.02. The third kappa shape index (κ3) is 4.15. The van der Waals surface area contributed by atoms with Gasteiger partial charge in [0.05, 0.1) is 18.4 Å². The molecule has 0 spiro atoms. The smallest absolute Gasteiger partial charge is 0.257 e. The summed E-state index contributed by atoms with van der Waals surface area (Å²) in [7, 11) is 1.62. The second-order valence-corrected chi connectivity index (χ2v) is 7.70. The molecular weight excluding hydrogens is 416 g/mol. The minimum absolute atomic E-state index is 0.0493. The highest BCUT2D eigenvalue weighted by atomic mass is 16.5. The number of anilines is 1. The molecule has 8 heteroatoms. The molecule has 0 bridgehead atoms. The van der Waals surface area contributed by atoms with Gasteiger partial charge in [-0.15, -0.1) is 0 Å². The average Bonchev–Trinajstić information content (AvgIpc) is 3.35. The Hall–Kier alpha value is -4.20. The first-order valence-corrected chi connectivity index (χ1v) is 10.8. The van der Waals surface area contributed by atoms with Crippen LogP contribution in [-0.4, -0.2) is 63.8 Å². The van der Waals surface area contributed by atoms with Crippen LogP contribution < -0.4 is 9.64 Å². The second-order valence-electron chi connectivity index (χ2n) is 7.70. The van der Waals surface area contributed by atoms with Gasteiger partial charge in [0.25, 0.3) is 5.91 Å². The van der Waals surface area contributed by atoms with E-state index in [1.54, 1.807) is 30.3 Å². The molecule has 0 saturated carbocycles. The van der Waals surface area contributed by atoms with Gasteiger partial charge in [-0.1, -0.05) is 30.3 Å². The Balaban J connectivity index is 1.46. The summed E-state index contributed by atoms with van der Waals surface area (Å²) in [5.74, 6) is 1.32. The lowest BCUT2D eigenvalue weighted by molar-refractivity contribution is 0.0747. The largest absolute Gasteiger partial charge is 0.496 e. The number of aromatic nitrogens is 4. The molecular formula is C25H24N6O2. The number of carbonyl (C=O) groups excluding carboxylic acids is 1. The standard InChI is InChI=1S/C25H24N6O2/c1-33-22-11-6-5-10-20(22)23-21(18-31(28-23)19-8-3-2-4-9-19)24(32)29-14-16-30(17-15-29)25-26-12-7-13-27-25/h2-13,18H,14-17H2,1H3. The zero-order valence-electron chi connectivity index (χ0n) is 18.3. The van der Waals surface area contributed by atoms with E-state index in [1.165, 1.54) is 0 Å². The van der Waals surface area contributed by atoms with Gasteiger partial charge in [0.2, 0.25) is 5.95 Å². The molecule has 166 valence electrons. The molecule has 1 amide bonds. The van der Waals surface area contributed by atoms with Gasteiger partial charge in [-0.25, -0.2) is 14.6 Å². The van der Waals surface area contributed by atoms with Gasteiger partial charge in [-0.05, 0) is 30.3 Å². The number of ether oxygens (including phenoxy) is 1. The molecule has 2 aromatic carbocycles. The van der Waals surface area contributed by atoms with Crippen LogP contribution in [0.5, 0.6) is 5.75 Å². The maximum absolute atomic E-state index is 13.7. The predicted molar refractivity (Wildman–Crippen MR) is 126 cm³/mol. The normalized spacial score (nSPS) is 13.7. The van der Waals surface area contributed by atoms with Crippen LogP contribution in [0.15, 0.2) is 79.3 Å². The summed E-state index contributed by atoms with van der Waals surface area (Å²) in [4.78, 5) is 26.3. The quantitative estimate of drug-likeness (QED) is 0.474. The van der Waals surface area contributed by atoms with Crippen LogP contribution in [-0.2, 0) is 0 Å². The van der Waals surface area contributed by atoms with Crippen molar-refractivity contribution in [2.45, 2.75) is 0 Å². The van der Waals surface area contributed by atoms with Gasteiger partial charge in [0.1, 0.15) is 11.4 Å². The van der Waals surface area contributed by atoms with Gasteiger partial charge >= 0.3 is 0 Å². The Morgan fingerprint density at radius 3 is 2.30 bits per heavy atom. The summed E-state index contributed by atoms with van der Waals surface area (Å²) < 4.78 is 7.32. The van der Waals surface area contributed by atoms with E-state index in [9.17, 15) is 4.79 Å². The maximum atomic E-state index is 13.7. The molecule has 1 saturated heterocycles. The van der Waals surface area contributed by atoms with Crippen molar-refractivity contribution < 1.29 is 9.53 Å². The lowest BCUT2D eigenvalue weighted by Crippen LogP contribution is -2.49. The summed E-state index contributed by atoms with van der Waals surface area (Å²) >= 11 is 0. The first kappa shape index (κ1) is 20.7. The Kier molecular flexibility index (Phi) is 5.72. The molecule has 1 fully saturated rings. The number of carbonyl (C=O) groups is 1. The van der Waals surface area contributed by atoms with E-state index < -0.39 is 0 Å². The highest BCUT2D eigenvalue weighted by Crippen LogP contribution is 2.32. The third-order valence-electron chi connectivity index (χ3n) is 5.73. The molecule has 2 aromatic heterocycles. The van der Waals surface area contributed by atoms with E-state index in [4.69, 9.17) is 9.84 Å². The average molecular weight is 441 g/mol. The number of hydrogen-bond donors (Lipinski definition) is 0. The molecule has 0 radical (unpaired) electrons. The molecule has 8 nitrogen and oxygen atoms in total. The van der Waals surface area contributed by atoms with Gasteiger partial charge in [0, 0.05) is 50.3 Å². The van der Waals surface area contributed by atoms with E-state index in [-0.39, 0.29) is 5.91 Å². The molecule has 1 aliphatic rings. The van der Waals surface area contributed by atoms with Crippen LogP contribution in [0.4, 0.5) is 5.95 Å². The third-order valence-corrected chi connectivity index (χ3v) is 5.73. The van der Waals surface area contributed by atoms with Crippen molar-refractivity contribution in [3.05, 3.63) is 84.8 Å². The topological polar surface area (TPSA) is 76.4 Å². The summed E-state index contributed by atoms with van der Waals surface area (Å²) in [6.07, 6.45) is 5.28. The van der Waals surface area contributed by atoms with E-state index in [2.05, 4.69) is 14.9 Å². The Morgan fingerprint density at radius 2 is 1.58 bits per heavy atom. The second kappa shape index (κ2) is 9.12. The van der Waals surface area contributed by atoms with Crippen molar-refractivity contribution in [3.8, 4) is 22.7 Å². The molecule has 4 aromatic rings. The van der Waals surface area contributed by atoms with Gasteiger partial charge in [-0.2, -0.15) is 5.10 Å². The number of rotatable bonds is 5. The lowest BCUT2D eigenvalue weighted by atomic mass is 10.1. The fourth-order valence-electron chi connectivity index (χ4n) is 4.02. The summed E-state index contributed by atoms with van der Waals surface area (Å²) in [6.45, 7) is 2.51. The summed E-state index contributed by atoms with van der Waals surface area (Å²) in [5, 5.41) is 4.80. The number of hydrogen-bond acceptors (Lipinski definition) is 6. The molecule has 33 heavy (non-hydrogen) atoms. The van der Waals surface area contributed by atoms with E-state index in [1.807, 2.05) is 65.7 Å². The molecule has 3 heterocycles. The SMILES string of the molecule is COc1ccccc1-c1nn(-c2ccccc2)cc1C(=O)N1CCN(c2ncccn2)CC1. The van der Waals surface area contributed by atoms with Crippen LogP contribution in [0.2, 0.25) is 0 Å². The van der Waals surface area contributed by atoms with Crippen LogP contribution in [0.1, 0.15) is 10.4 Å².